The van der Waals surface area contributed by atoms with Gasteiger partial charge in [0.05, 0.1) is 14.2 Å². The van der Waals surface area contributed by atoms with Crippen molar-refractivity contribution in [1.29, 1.82) is 0 Å². The van der Waals surface area contributed by atoms with E-state index in [2.05, 4.69) is 47.8 Å². The molecule has 3 nitrogen and oxygen atoms in total. The lowest BCUT2D eigenvalue weighted by Crippen LogP contribution is -2.16. The SMILES string of the molecule is CC.COc1cc2c(cc1OC)CCC(NCc1ccccc1)=C2. The number of hydrogen-bond donors (Lipinski definition) is 1. The molecule has 0 unspecified atom stereocenters. The number of ether oxygens (including phenoxy) is 2. The van der Waals surface area contributed by atoms with Gasteiger partial charge in [0.1, 0.15) is 0 Å². The van der Waals surface area contributed by atoms with E-state index in [0.717, 1.165) is 30.9 Å². The summed E-state index contributed by atoms with van der Waals surface area (Å²) < 4.78 is 10.8. The highest BCUT2D eigenvalue weighted by Gasteiger charge is 2.14. The Labute approximate surface area is 145 Å². The number of methoxy groups -OCH3 is 2. The standard InChI is InChI=1S/C19H21NO2.C2H6/c1-21-18-11-15-8-9-17(10-16(15)12-19(18)22-2)20-13-14-6-4-3-5-7-14;1-2/h3-7,10-12,20H,8-9,13H2,1-2H3;1-2H3. The molecule has 1 aliphatic rings. The molecular weight excluding hydrogens is 298 g/mol. The first-order chi connectivity index (χ1) is 11.8. The minimum absolute atomic E-state index is 0.779. The number of benzene rings is 2. The van der Waals surface area contributed by atoms with E-state index in [1.807, 2.05) is 19.9 Å². The highest BCUT2D eigenvalue weighted by Crippen LogP contribution is 2.34. The van der Waals surface area contributed by atoms with Gasteiger partial charge < -0.3 is 14.8 Å². The molecule has 0 heterocycles. The molecule has 24 heavy (non-hydrogen) atoms. The van der Waals surface area contributed by atoms with Crippen LogP contribution in [0.5, 0.6) is 11.5 Å². The van der Waals surface area contributed by atoms with Crippen LogP contribution in [-0.2, 0) is 13.0 Å². The Morgan fingerprint density at radius 3 is 2.25 bits per heavy atom. The molecule has 0 radical (unpaired) electrons. The zero-order valence-electron chi connectivity index (χ0n) is 15.1. The van der Waals surface area contributed by atoms with Crippen molar-refractivity contribution in [2.75, 3.05) is 14.2 Å². The van der Waals surface area contributed by atoms with Crippen LogP contribution in [0.2, 0.25) is 0 Å². The molecule has 0 atom stereocenters. The zero-order valence-corrected chi connectivity index (χ0v) is 15.1. The fourth-order valence-electron chi connectivity index (χ4n) is 2.77. The maximum absolute atomic E-state index is 5.39. The number of allylic oxidation sites excluding steroid dienone is 1. The van der Waals surface area contributed by atoms with Gasteiger partial charge in [-0.3, -0.25) is 0 Å². The molecule has 2 aromatic rings. The average molecular weight is 325 g/mol. The summed E-state index contributed by atoms with van der Waals surface area (Å²) in [5.74, 6) is 1.58. The van der Waals surface area contributed by atoms with Crippen LogP contribution in [0, 0.1) is 0 Å². The maximum Gasteiger partial charge on any atom is 0.161 e. The van der Waals surface area contributed by atoms with Crippen LogP contribution in [0.4, 0.5) is 0 Å². The molecule has 0 saturated carbocycles. The minimum atomic E-state index is 0.779. The molecule has 2 aromatic carbocycles. The van der Waals surface area contributed by atoms with Crippen molar-refractivity contribution >= 4 is 6.08 Å². The smallest absolute Gasteiger partial charge is 0.161 e. The third-order valence-corrected chi connectivity index (χ3v) is 4.00. The number of nitrogens with one attached hydrogen (secondary N) is 1. The van der Waals surface area contributed by atoms with Crippen LogP contribution in [0.25, 0.3) is 6.08 Å². The summed E-state index contributed by atoms with van der Waals surface area (Å²) in [5, 5.41) is 3.53. The molecule has 1 aliphatic carbocycles. The van der Waals surface area contributed by atoms with Crippen LogP contribution in [0.1, 0.15) is 37.0 Å². The average Bonchev–Trinajstić information content (AvgIpc) is 2.67. The first-order valence-electron chi connectivity index (χ1n) is 8.53. The normalized spacial score (nSPS) is 12.2. The lowest BCUT2D eigenvalue weighted by molar-refractivity contribution is 0.354. The van der Waals surface area contributed by atoms with Gasteiger partial charge in [-0.05, 0) is 47.7 Å². The largest absolute Gasteiger partial charge is 0.493 e. The van der Waals surface area contributed by atoms with Crippen molar-refractivity contribution < 1.29 is 9.47 Å². The Bertz CT molecular complexity index is 678. The van der Waals surface area contributed by atoms with Gasteiger partial charge >= 0.3 is 0 Å². The van der Waals surface area contributed by atoms with Crippen LogP contribution in [0.15, 0.2) is 48.2 Å². The quantitative estimate of drug-likeness (QED) is 0.856. The number of rotatable bonds is 5. The fraction of sp³-hybridized carbons (Fsp3) is 0.333. The topological polar surface area (TPSA) is 30.5 Å². The van der Waals surface area contributed by atoms with Gasteiger partial charge in [0.2, 0.25) is 0 Å². The maximum atomic E-state index is 5.39. The summed E-state index contributed by atoms with van der Waals surface area (Å²) in [6.45, 7) is 4.86. The Morgan fingerprint density at radius 1 is 0.917 bits per heavy atom. The van der Waals surface area contributed by atoms with Crippen molar-refractivity contribution in [2.24, 2.45) is 0 Å². The molecule has 0 spiro atoms. The Kier molecular flexibility index (Phi) is 6.74. The molecule has 3 rings (SSSR count). The van der Waals surface area contributed by atoms with Gasteiger partial charge in [-0.15, -0.1) is 0 Å². The predicted octanol–water partition coefficient (Wildman–Crippen LogP) is 4.81. The molecule has 0 fully saturated rings. The summed E-state index contributed by atoms with van der Waals surface area (Å²) in [7, 11) is 3.35. The summed E-state index contributed by atoms with van der Waals surface area (Å²) in [5.41, 5.74) is 5.08. The molecule has 0 aromatic heterocycles. The monoisotopic (exact) mass is 325 g/mol. The summed E-state index contributed by atoms with van der Waals surface area (Å²) in [6, 6.07) is 14.6. The lowest BCUT2D eigenvalue weighted by Gasteiger charge is -2.20. The van der Waals surface area contributed by atoms with Gasteiger partial charge in [0, 0.05) is 12.2 Å². The van der Waals surface area contributed by atoms with E-state index in [0.29, 0.717) is 0 Å². The molecule has 0 bridgehead atoms. The molecule has 1 N–H and O–H groups in total. The van der Waals surface area contributed by atoms with E-state index in [9.17, 15) is 0 Å². The Morgan fingerprint density at radius 2 is 1.58 bits per heavy atom. The second kappa shape index (κ2) is 9.02. The van der Waals surface area contributed by atoms with Gasteiger partial charge in [0.15, 0.2) is 11.5 Å². The van der Waals surface area contributed by atoms with Gasteiger partial charge in [-0.1, -0.05) is 44.2 Å². The highest BCUT2D eigenvalue weighted by molar-refractivity contribution is 5.64. The first kappa shape index (κ1) is 17.9. The first-order valence-corrected chi connectivity index (χ1v) is 8.53. The van der Waals surface area contributed by atoms with Gasteiger partial charge in [0.25, 0.3) is 0 Å². The van der Waals surface area contributed by atoms with Crippen LogP contribution < -0.4 is 14.8 Å². The van der Waals surface area contributed by atoms with Crippen LogP contribution in [-0.4, -0.2) is 14.2 Å². The predicted molar refractivity (Wildman–Crippen MR) is 100 cm³/mol. The zero-order chi connectivity index (χ0) is 17.4. The van der Waals surface area contributed by atoms with Crippen molar-refractivity contribution in [3.63, 3.8) is 0 Å². The lowest BCUT2D eigenvalue weighted by atomic mass is 9.94. The van der Waals surface area contributed by atoms with Gasteiger partial charge in [-0.2, -0.15) is 0 Å². The molecule has 0 saturated heterocycles. The molecule has 3 heteroatoms. The molecule has 128 valence electrons. The van der Waals surface area contributed by atoms with E-state index >= 15 is 0 Å². The summed E-state index contributed by atoms with van der Waals surface area (Å²) >= 11 is 0. The van der Waals surface area contributed by atoms with E-state index in [4.69, 9.17) is 9.47 Å². The second-order valence-electron chi connectivity index (χ2n) is 5.41. The highest BCUT2D eigenvalue weighted by atomic mass is 16.5. The Balaban J connectivity index is 0.00000100. The number of aryl methyl sites for hydroxylation is 1. The third kappa shape index (κ3) is 4.31. The van der Waals surface area contributed by atoms with E-state index in [-0.39, 0.29) is 0 Å². The van der Waals surface area contributed by atoms with Crippen molar-refractivity contribution in [3.8, 4) is 11.5 Å². The third-order valence-electron chi connectivity index (χ3n) is 4.00. The Hall–Kier alpha value is -2.42. The van der Waals surface area contributed by atoms with Gasteiger partial charge in [-0.25, -0.2) is 0 Å². The van der Waals surface area contributed by atoms with Crippen LogP contribution >= 0.6 is 0 Å². The molecule has 0 amide bonds. The number of fused-ring (bicyclic) bond motifs is 1. The van der Waals surface area contributed by atoms with E-state index in [1.54, 1.807) is 14.2 Å². The summed E-state index contributed by atoms with van der Waals surface area (Å²) in [6.07, 6.45) is 4.25. The van der Waals surface area contributed by atoms with Crippen molar-refractivity contribution in [3.05, 3.63) is 64.9 Å². The molecule has 0 aliphatic heterocycles. The summed E-state index contributed by atoms with van der Waals surface area (Å²) in [4.78, 5) is 0. The van der Waals surface area contributed by atoms with E-state index < -0.39 is 0 Å². The van der Waals surface area contributed by atoms with Crippen LogP contribution in [0.3, 0.4) is 0 Å². The van der Waals surface area contributed by atoms with Crippen molar-refractivity contribution in [2.45, 2.75) is 33.2 Å². The van der Waals surface area contributed by atoms with E-state index in [1.165, 1.54) is 22.4 Å². The molecular formula is C21H27NO2. The minimum Gasteiger partial charge on any atom is -0.493 e. The fourth-order valence-corrected chi connectivity index (χ4v) is 2.77. The number of hydrogen-bond acceptors (Lipinski definition) is 3. The van der Waals surface area contributed by atoms with Crippen molar-refractivity contribution in [1.82, 2.24) is 5.32 Å². The second-order valence-corrected chi connectivity index (χ2v) is 5.41.